The Morgan fingerprint density at radius 2 is 1.88 bits per heavy atom. The van der Waals surface area contributed by atoms with Crippen molar-refractivity contribution in [2.75, 3.05) is 20.0 Å². The summed E-state index contributed by atoms with van der Waals surface area (Å²) in [6.07, 6.45) is 0. The van der Waals surface area contributed by atoms with Crippen LogP contribution in [0.25, 0.3) is 10.9 Å². The molecule has 6 nitrogen and oxygen atoms in total. The molecule has 1 heterocycles. The van der Waals surface area contributed by atoms with Crippen LogP contribution in [0.15, 0.2) is 21.3 Å². The second-order valence-corrected chi connectivity index (χ2v) is 3.06. The fourth-order valence-corrected chi connectivity index (χ4v) is 1.42. The number of hydrogen-bond donors (Lipinski definition) is 1. The molecule has 1 aromatic heterocycles. The number of hydrogen-bond acceptors (Lipinski definition) is 6. The van der Waals surface area contributed by atoms with Crippen molar-refractivity contribution in [1.29, 1.82) is 0 Å². The van der Waals surface area contributed by atoms with Crippen molar-refractivity contribution in [3.05, 3.63) is 22.6 Å². The molecular weight excluding hydrogens is 212 g/mol. The molecule has 0 aliphatic rings. The molecule has 1 aromatic carbocycles. The highest BCUT2D eigenvalue weighted by molar-refractivity contribution is 5.82. The Kier molecular flexibility index (Phi) is 2.40. The minimum Gasteiger partial charge on any atom is -0.493 e. The summed E-state index contributed by atoms with van der Waals surface area (Å²) in [5, 5.41) is 0.298. The summed E-state index contributed by atoms with van der Waals surface area (Å²) in [7, 11) is 2.98. The zero-order valence-corrected chi connectivity index (χ0v) is 8.81. The largest absolute Gasteiger partial charge is 0.493 e. The molecule has 2 N–H and O–H groups in total. The Hall–Kier alpha value is -2.24. The van der Waals surface area contributed by atoms with E-state index in [0.717, 1.165) is 0 Å². The molecule has 0 radical (unpaired) electrons. The first-order valence-corrected chi connectivity index (χ1v) is 4.48. The van der Waals surface area contributed by atoms with Crippen molar-refractivity contribution in [2.45, 2.75) is 0 Å². The quantitative estimate of drug-likeness (QED) is 0.808. The van der Waals surface area contributed by atoms with Gasteiger partial charge in [-0.2, -0.15) is 4.98 Å². The minimum atomic E-state index is -0.552. The molecule has 0 aliphatic carbocycles. The Balaban J connectivity index is 2.83. The molecule has 2 rings (SSSR count). The monoisotopic (exact) mass is 222 g/mol. The third-order valence-electron chi connectivity index (χ3n) is 2.15. The van der Waals surface area contributed by atoms with Gasteiger partial charge in [0, 0.05) is 12.1 Å². The Morgan fingerprint density at radius 1 is 1.25 bits per heavy atom. The highest BCUT2D eigenvalue weighted by Gasteiger charge is 2.10. The number of fused-ring (bicyclic) bond motifs is 1. The third kappa shape index (κ3) is 1.54. The van der Waals surface area contributed by atoms with Gasteiger partial charge in [0.1, 0.15) is 0 Å². The van der Waals surface area contributed by atoms with Gasteiger partial charge in [0.2, 0.25) is 0 Å². The average molecular weight is 222 g/mol. The Bertz CT molecular complexity index is 591. The number of nitrogen functional groups attached to an aromatic ring is 1. The average Bonchev–Trinajstić information content (AvgIpc) is 2.27. The smallest absolute Gasteiger partial charge is 0.348 e. The van der Waals surface area contributed by atoms with E-state index < -0.39 is 5.63 Å². The van der Waals surface area contributed by atoms with Crippen LogP contribution in [-0.4, -0.2) is 19.2 Å². The number of nitrogens with two attached hydrogens (primary N) is 1. The van der Waals surface area contributed by atoms with E-state index in [9.17, 15) is 4.79 Å². The summed E-state index contributed by atoms with van der Waals surface area (Å²) < 4.78 is 14.8. The molecule has 84 valence electrons. The van der Waals surface area contributed by atoms with Crippen molar-refractivity contribution in [3.8, 4) is 11.5 Å². The third-order valence-corrected chi connectivity index (χ3v) is 2.15. The van der Waals surface area contributed by atoms with E-state index in [1.54, 1.807) is 6.07 Å². The number of rotatable bonds is 2. The lowest BCUT2D eigenvalue weighted by Crippen LogP contribution is -2.05. The van der Waals surface area contributed by atoms with Crippen molar-refractivity contribution in [1.82, 2.24) is 4.98 Å². The van der Waals surface area contributed by atoms with E-state index in [1.807, 2.05) is 0 Å². The fourth-order valence-electron chi connectivity index (χ4n) is 1.42. The maximum atomic E-state index is 11.5. The number of ether oxygens (including phenoxy) is 2. The van der Waals surface area contributed by atoms with Crippen LogP contribution in [0.2, 0.25) is 0 Å². The van der Waals surface area contributed by atoms with Gasteiger partial charge in [-0.05, 0) is 0 Å². The number of benzene rings is 1. The summed E-state index contributed by atoms with van der Waals surface area (Å²) in [6.45, 7) is 0. The first-order chi connectivity index (χ1) is 7.65. The topological polar surface area (TPSA) is 87.6 Å². The normalized spacial score (nSPS) is 10.4. The van der Waals surface area contributed by atoms with Crippen LogP contribution >= 0.6 is 0 Å². The molecule has 0 saturated heterocycles. The number of methoxy groups -OCH3 is 2. The standard InChI is InChI=1S/C10H10N2O4/c1-14-7-3-5-6(4-8(7)15-2)12-10(11)16-9(5)13/h3-4H,1-2H3,(H2,11,12). The summed E-state index contributed by atoms with van der Waals surface area (Å²) in [5.74, 6) is 0.918. The van der Waals surface area contributed by atoms with E-state index in [2.05, 4.69) is 9.40 Å². The van der Waals surface area contributed by atoms with E-state index in [1.165, 1.54) is 20.3 Å². The molecule has 0 bridgehead atoms. The Labute approximate surface area is 90.6 Å². The first-order valence-electron chi connectivity index (χ1n) is 4.48. The van der Waals surface area contributed by atoms with Crippen LogP contribution in [0.1, 0.15) is 0 Å². The van der Waals surface area contributed by atoms with Gasteiger partial charge in [0.15, 0.2) is 11.5 Å². The lowest BCUT2D eigenvalue weighted by atomic mass is 10.2. The predicted molar refractivity (Wildman–Crippen MR) is 57.8 cm³/mol. The van der Waals surface area contributed by atoms with Crippen LogP contribution in [0.5, 0.6) is 11.5 Å². The van der Waals surface area contributed by atoms with Gasteiger partial charge >= 0.3 is 5.63 Å². The zero-order chi connectivity index (χ0) is 11.7. The first kappa shape index (κ1) is 10.3. The molecule has 0 aliphatic heterocycles. The molecule has 0 amide bonds. The molecule has 2 aromatic rings. The SMILES string of the molecule is COc1cc2nc(N)oc(=O)c2cc1OC. The molecule has 0 spiro atoms. The summed E-state index contributed by atoms with van der Waals surface area (Å²) in [4.78, 5) is 15.4. The second-order valence-electron chi connectivity index (χ2n) is 3.06. The number of aromatic nitrogens is 1. The van der Waals surface area contributed by atoms with Crippen molar-refractivity contribution >= 4 is 16.9 Å². The highest BCUT2D eigenvalue weighted by Crippen LogP contribution is 2.30. The van der Waals surface area contributed by atoms with Gasteiger partial charge in [0.25, 0.3) is 6.01 Å². The van der Waals surface area contributed by atoms with Crippen LogP contribution in [0.4, 0.5) is 6.01 Å². The minimum absolute atomic E-state index is 0.176. The maximum Gasteiger partial charge on any atom is 0.348 e. The number of nitrogens with zero attached hydrogens (tertiary/aromatic N) is 1. The van der Waals surface area contributed by atoms with Crippen LogP contribution in [0.3, 0.4) is 0 Å². The maximum absolute atomic E-state index is 11.5. The Morgan fingerprint density at radius 3 is 2.50 bits per heavy atom. The summed E-state index contributed by atoms with van der Waals surface area (Å²) in [6, 6.07) is 2.90. The zero-order valence-electron chi connectivity index (χ0n) is 8.81. The molecule has 6 heteroatoms. The van der Waals surface area contributed by atoms with Crippen molar-refractivity contribution in [3.63, 3.8) is 0 Å². The van der Waals surface area contributed by atoms with Gasteiger partial charge in [-0.15, -0.1) is 0 Å². The molecule has 0 fully saturated rings. The van der Waals surface area contributed by atoms with Gasteiger partial charge in [-0.25, -0.2) is 4.79 Å². The van der Waals surface area contributed by atoms with Crippen molar-refractivity contribution in [2.24, 2.45) is 0 Å². The highest BCUT2D eigenvalue weighted by atomic mass is 16.5. The lowest BCUT2D eigenvalue weighted by Gasteiger charge is -2.07. The van der Waals surface area contributed by atoms with Crippen molar-refractivity contribution < 1.29 is 13.9 Å². The second kappa shape index (κ2) is 3.73. The van der Waals surface area contributed by atoms with E-state index >= 15 is 0 Å². The lowest BCUT2D eigenvalue weighted by molar-refractivity contribution is 0.355. The molecule has 0 atom stereocenters. The van der Waals surface area contributed by atoms with E-state index in [4.69, 9.17) is 15.2 Å². The van der Waals surface area contributed by atoms with Crippen LogP contribution in [0, 0.1) is 0 Å². The summed E-state index contributed by atoms with van der Waals surface area (Å²) >= 11 is 0. The van der Waals surface area contributed by atoms with Crippen LogP contribution < -0.4 is 20.8 Å². The van der Waals surface area contributed by atoms with Gasteiger partial charge < -0.3 is 19.6 Å². The van der Waals surface area contributed by atoms with Crippen LogP contribution in [-0.2, 0) is 0 Å². The van der Waals surface area contributed by atoms with Gasteiger partial charge in [-0.3, -0.25) is 0 Å². The molecule has 16 heavy (non-hydrogen) atoms. The van der Waals surface area contributed by atoms with E-state index in [0.29, 0.717) is 22.4 Å². The van der Waals surface area contributed by atoms with Gasteiger partial charge in [-0.1, -0.05) is 0 Å². The summed E-state index contributed by atoms with van der Waals surface area (Å²) in [5.41, 5.74) is 5.19. The molecule has 0 saturated carbocycles. The van der Waals surface area contributed by atoms with E-state index in [-0.39, 0.29) is 6.01 Å². The number of anilines is 1. The molecule has 0 unspecified atom stereocenters. The molecular formula is C10H10N2O4. The predicted octanol–water partition coefficient (Wildman–Crippen LogP) is 0.787. The van der Waals surface area contributed by atoms with Gasteiger partial charge in [0.05, 0.1) is 25.1 Å². The fraction of sp³-hybridized carbons (Fsp3) is 0.200.